The quantitative estimate of drug-likeness (QED) is 0.930. The molecule has 1 amide bonds. The molecule has 1 atom stereocenters. The Kier molecular flexibility index (Phi) is 4.82. The Morgan fingerprint density at radius 1 is 1.53 bits per heavy atom. The zero-order chi connectivity index (χ0) is 13.8. The summed E-state index contributed by atoms with van der Waals surface area (Å²) in [4.78, 5) is 25.8. The van der Waals surface area contributed by atoms with Crippen molar-refractivity contribution in [3.8, 4) is 0 Å². The molecule has 6 heteroatoms. The van der Waals surface area contributed by atoms with Crippen LogP contribution < -0.4 is 0 Å². The molecular formula is C13H16ClNO3S. The lowest BCUT2D eigenvalue weighted by Gasteiger charge is -2.30. The van der Waals surface area contributed by atoms with Crippen molar-refractivity contribution in [3.05, 3.63) is 21.3 Å². The van der Waals surface area contributed by atoms with Gasteiger partial charge >= 0.3 is 5.97 Å². The molecule has 1 fully saturated rings. The highest BCUT2D eigenvalue weighted by Crippen LogP contribution is 2.22. The second-order valence-corrected chi connectivity index (χ2v) is 6.18. The molecule has 19 heavy (non-hydrogen) atoms. The number of rotatable bonds is 4. The van der Waals surface area contributed by atoms with E-state index >= 15 is 0 Å². The van der Waals surface area contributed by atoms with Gasteiger partial charge in [-0.3, -0.25) is 9.59 Å². The van der Waals surface area contributed by atoms with Crippen LogP contribution in [0.1, 0.15) is 24.1 Å². The first-order valence-corrected chi connectivity index (χ1v) is 7.55. The fourth-order valence-electron chi connectivity index (χ4n) is 2.28. The Balaban J connectivity index is 1.84. The van der Waals surface area contributed by atoms with Crippen molar-refractivity contribution in [2.75, 3.05) is 13.1 Å². The van der Waals surface area contributed by atoms with E-state index in [1.165, 1.54) is 0 Å². The summed E-state index contributed by atoms with van der Waals surface area (Å²) in [6, 6.07) is 1.87. The van der Waals surface area contributed by atoms with Gasteiger partial charge in [-0.05, 0) is 25.3 Å². The Labute approximate surface area is 121 Å². The molecule has 0 radical (unpaired) electrons. The van der Waals surface area contributed by atoms with Gasteiger partial charge in [0.1, 0.15) is 0 Å². The minimum atomic E-state index is -0.803. The number of carboxylic acids is 1. The average molecular weight is 302 g/mol. The molecule has 1 N–H and O–H groups in total. The number of piperidine rings is 1. The van der Waals surface area contributed by atoms with Crippen LogP contribution in [0.5, 0.6) is 0 Å². The summed E-state index contributed by atoms with van der Waals surface area (Å²) in [6.45, 7) is 1.02. The molecule has 1 saturated heterocycles. The Bertz CT molecular complexity index is 474. The minimum absolute atomic E-state index is 0.0375. The van der Waals surface area contributed by atoms with Crippen LogP contribution in [0.4, 0.5) is 0 Å². The van der Waals surface area contributed by atoms with Gasteiger partial charge in [-0.2, -0.15) is 0 Å². The number of aryl methyl sites for hydroxylation is 1. The number of carbonyl (C=O) groups excluding carboxylic acids is 1. The van der Waals surface area contributed by atoms with Crippen molar-refractivity contribution in [2.24, 2.45) is 5.92 Å². The number of carboxylic acid groups (broad SMARTS) is 1. The lowest BCUT2D eigenvalue weighted by atomic mass is 9.98. The van der Waals surface area contributed by atoms with Crippen LogP contribution in [0.2, 0.25) is 5.02 Å². The lowest BCUT2D eigenvalue weighted by Crippen LogP contribution is -2.42. The number of likely N-dealkylation sites (tertiary alicyclic amines) is 1. The molecule has 0 aliphatic carbocycles. The smallest absolute Gasteiger partial charge is 0.308 e. The van der Waals surface area contributed by atoms with Crippen LogP contribution in [0.15, 0.2) is 11.4 Å². The Hall–Kier alpha value is -1.07. The number of hydrogen-bond donors (Lipinski definition) is 1. The Morgan fingerprint density at radius 2 is 2.32 bits per heavy atom. The topological polar surface area (TPSA) is 57.6 Å². The summed E-state index contributed by atoms with van der Waals surface area (Å²) < 4.78 is 0. The van der Waals surface area contributed by atoms with Gasteiger partial charge in [0.15, 0.2) is 0 Å². The molecule has 0 unspecified atom stereocenters. The normalized spacial score (nSPS) is 19.4. The molecule has 1 aliphatic rings. The van der Waals surface area contributed by atoms with Gasteiger partial charge in [0.25, 0.3) is 0 Å². The van der Waals surface area contributed by atoms with Gasteiger partial charge in [-0.15, -0.1) is 11.3 Å². The number of amides is 1. The third-order valence-corrected chi connectivity index (χ3v) is 4.67. The first-order chi connectivity index (χ1) is 9.06. The maximum atomic E-state index is 12.1. The molecule has 1 aliphatic heterocycles. The highest BCUT2D eigenvalue weighted by atomic mass is 35.5. The maximum Gasteiger partial charge on any atom is 0.308 e. The van der Waals surface area contributed by atoms with Crippen LogP contribution in [-0.4, -0.2) is 35.0 Å². The molecule has 1 aromatic heterocycles. The van der Waals surface area contributed by atoms with Gasteiger partial charge < -0.3 is 10.0 Å². The first-order valence-electron chi connectivity index (χ1n) is 6.30. The zero-order valence-electron chi connectivity index (χ0n) is 10.5. The van der Waals surface area contributed by atoms with Crippen molar-refractivity contribution in [2.45, 2.75) is 25.7 Å². The highest BCUT2D eigenvalue weighted by molar-refractivity contribution is 7.10. The van der Waals surface area contributed by atoms with Gasteiger partial charge in [-0.1, -0.05) is 11.6 Å². The monoisotopic (exact) mass is 301 g/mol. The summed E-state index contributed by atoms with van der Waals surface area (Å²) in [6.07, 6.45) is 2.53. The molecule has 0 bridgehead atoms. The zero-order valence-corrected chi connectivity index (χ0v) is 12.0. The number of thiophene rings is 1. The third-order valence-electron chi connectivity index (χ3n) is 3.33. The second-order valence-electron chi connectivity index (χ2n) is 4.75. The number of aliphatic carboxylic acids is 1. The summed E-state index contributed by atoms with van der Waals surface area (Å²) in [7, 11) is 0. The lowest BCUT2D eigenvalue weighted by molar-refractivity contribution is -0.145. The summed E-state index contributed by atoms with van der Waals surface area (Å²) in [5.74, 6) is -1.17. The molecule has 2 heterocycles. The Morgan fingerprint density at radius 3 is 2.95 bits per heavy atom. The fraction of sp³-hybridized carbons (Fsp3) is 0.538. The number of carbonyl (C=O) groups is 2. The summed E-state index contributed by atoms with van der Waals surface area (Å²) in [5.41, 5.74) is 0. The van der Waals surface area contributed by atoms with Crippen LogP contribution >= 0.6 is 22.9 Å². The second kappa shape index (κ2) is 6.39. The van der Waals surface area contributed by atoms with E-state index in [4.69, 9.17) is 16.7 Å². The van der Waals surface area contributed by atoms with Gasteiger partial charge in [-0.25, -0.2) is 0 Å². The van der Waals surface area contributed by atoms with Crippen molar-refractivity contribution >= 4 is 34.8 Å². The van der Waals surface area contributed by atoms with Gasteiger partial charge in [0.2, 0.25) is 5.91 Å². The molecule has 104 valence electrons. The van der Waals surface area contributed by atoms with Crippen LogP contribution in [-0.2, 0) is 16.0 Å². The van der Waals surface area contributed by atoms with Crippen LogP contribution in [0.3, 0.4) is 0 Å². The molecule has 0 saturated carbocycles. The molecular weight excluding hydrogens is 286 g/mol. The first kappa shape index (κ1) is 14.3. The van der Waals surface area contributed by atoms with Gasteiger partial charge in [0.05, 0.1) is 10.9 Å². The molecule has 4 nitrogen and oxygen atoms in total. The van der Waals surface area contributed by atoms with E-state index in [1.807, 2.05) is 11.4 Å². The van der Waals surface area contributed by atoms with Crippen molar-refractivity contribution in [3.63, 3.8) is 0 Å². The van der Waals surface area contributed by atoms with Crippen LogP contribution in [0, 0.1) is 5.92 Å². The number of halogens is 1. The largest absolute Gasteiger partial charge is 0.481 e. The van der Waals surface area contributed by atoms with Crippen LogP contribution in [0.25, 0.3) is 0 Å². The molecule has 2 rings (SSSR count). The van der Waals surface area contributed by atoms with Crippen molar-refractivity contribution in [1.82, 2.24) is 4.90 Å². The fourth-order valence-corrected chi connectivity index (χ4v) is 3.36. The third kappa shape index (κ3) is 3.94. The van der Waals surface area contributed by atoms with Crippen molar-refractivity contribution < 1.29 is 14.7 Å². The van der Waals surface area contributed by atoms with E-state index < -0.39 is 11.9 Å². The minimum Gasteiger partial charge on any atom is -0.481 e. The SMILES string of the molecule is O=C(O)[C@@H]1CCCN(C(=O)CCc2cc(Cl)cs2)C1. The summed E-state index contributed by atoms with van der Waals surface area (Å²) in [5, 5.41) is 11.6. The summed E-state index contributed by atoms with van der Waals surface area (Å²) >= 11 is 7.37. The van der Waals surface area contributed by atoms with Gasteiger partial charge in [0, 0.05) is 29.8 Å². The molecule has 0 aromatic carbocycles. The van der Waals surface area contributed by atoms with E-state index in [-0.39, 0.29) is 5.91 Å². The predicted octanol–water partition coefficient (Wildman–Crippen LogP) is 2.66. The number of hydrogen-bond acceptors (Lipinski definition) is 3. The number of nitrogens with zero attached hydrogens (tertiary/aromatic N) is 1. The van der Waals surface area contributed by atoms with E-state index in [9.17, 15) is 9.59 Å². The standard InChI is InChI=1S/C13H16ClNO3S/c14-10-6-11(19-8-10)3-4-12(16)15-5-1-2-9(7-15)13(17)18/h6,8-9H,1-5,7H2,(H,17,18)/t9-/m1/s1. The average Bonchev–Trinajstić information content (AvgIpc) is 2.82. The highest BCUT2D eigenvalue weighted by Gasteiger charge is 2.27. The van der Waals surface area contributed by atoms with Crippen molar-refractivity contribution in [1.29, 1.82) is 0 Å². The van der Waals surface area contributed by atoms with E-state index in [0.29, 0.717) is 37.4 Å². The maximum absolute atomic E-state index is 12.1. The predicted molar refractivity (Wildman–Crippen MR) is 74.6 cm³/mol. The molecule has 0 spiro atoms. The molecule has 1 aromatic rings. The van der Waals surface area contributed by atoms with E-state index in [0.717, 1.165) is 11.3 Å². The van der Waals surface area contributed by atoms with E-state index in [2.05, 4.69) is 0 Å². The van der Waals surface area contributed by atoms with E-state index in [1.54, 1.807) is 16.2 Å².